The standard InChI is InChI=1S/C16H34N2/c1-6-14-9-8-11-16(13-17,12-10-14)18(5)15(3,4)7-2/h14H,6-13,17H2,1-5H3. The van der Waals surface area contributed by atoms with E-state index in [-0.39, 0.29) is 11.1 Å². The van der Waals surface area contributed by atoms with Crippen molar-refractivity contribution in [2.24, 2.45) is 11.7 Å². The SMILES string of the molecule is CCC1CCCC(CN)(N(C)C(C)(C)CC)CC1. The van der Waals surface area contributed by atoms with Crippen molar-refractivity contribution in [3.8, 4) is 0 Å². The smallest absolute Gasteiger partial charge is 0.0334 e. The maximum atomic E-state index is 6.21. The topological polar surface area (TPSA) is 29.3 Å². The summed E-state index contributed by atoms with van der Waals surface area (Å²) >= 11 is 0. The van der Waals surface area contributed by atoms with Crippen molar-refractivity contribution >= 4 is 0 Å². The summed E-state index contributed by atoms with van der Waals surface area (Å²) in [7, 11) is 2.29. The zero-order valence-corrected chi connectivity index (χ0v) is 13.3. The van der Waals surface area contributed by atoms with E-state index < -0.39 is 0 Å². The van der Waals surface area contributed by atoms with Crippen LogP contribution < -0.4 is 5.73 Å². The van der Waals surface area contributed by atoms with Gasteiger partial charge in [0.05, 0.1) is 0 Å². The van der Waals surface area contributed by atoms with Crippen LogP contribution in [0.1, 0.15) is 72.6 Å². The molecule has 2 nitrogen and oxygen atoms in total. The first kappa shape index (κ1) is 16.0. The van der Waals surface area contributed by atoms with E-state index >= 15 is 0 Å². The lowest BCUT2D eigenvalue weighted by atomic mass is 9.83. The molecule has 0 saturated heterocycles. The number of nitrogens with zero attached hydrogens (tertiary/aromatic N) is 1. The molecule has 0 aromatic rings. The van der Waals surface area contributed by atoms with Crippen LogP contribution in [0.5, 0.6) is 0 Å². The van der Waals surface area contributed by atoms with Crippen LogP contribution >= 0.6 is 0 Å². The first-order valence-electron chi connectivity index (χ1n) is 7.86. The monoisotopic (exact) mass is 254 g/mol. The third-order valence-corrected chi connectivity index (χ3v) is 5.71. The minimum absolute atomic E-state index is 0.240. The number of hydrogen-bond donors (Lipinski definition) is 1. The Labute approximate surface area is 114 Å². The lowest BCUT2D eigenvalue weighted by molar-refractivity contribution is 0.0123. The molecule has 1 rings (SSSR count). The molecule has 18 heavy (non-hydrogen) atoms. The summed E-state index contributed by atoms with van der Waals surface area (Å²) in [4.78, 5) is 2.60. The average molecular weight is 254 g/mol. The van der Waals surface area contributed by atoms with E-state index in [1.54, 1.807) is 0 Å². The Hall–Kier alpha value is -0.0800. The summed E-state index contributed by atoms with van der Waals surface area (Å²) < 4.78 is 0. The van der Waals surface area contributed by atoms with Crippen LogP contribution in [0.2, 0.25) is 0 Å². The fourth-order valence-corrected chi connectivity index (χ4v) is 3.43. The van der Waals surface area contributed by atoms with Crippen LogP contribution in [0.15, 0.2) is 0 Å². The van der Waals surface area contributed by atoms with Gasteiger partial charge in [-0.2, -0.15) is 0 Å². The van der Waals surface area contributed by atoms with E-state index in [1.165, 1.54) is 44.9 Å². The van der Waals surface area contributed by atoms with Crippen molar-refractivity contribution in [2.45, 2.75) is 83.7 Å². The van der Waals surface area contributed by atoms with Crippen molar-refractivity contribution < 1.29 is 0 Å². The molecule has 0 heterocycles. The highest BCUT2D eigenvalue weighted by atomic mass is 15.2. The Bertz CT molecular complexity index is 249. The van der Waals surface area contributed by atoms with Crippen molar-refractivity contribution in [3.63, 3.8) is 0 Å². The van der Waals surface area contributed by atoms with Crippen LogP contribution in [0.3, 0.4) is 0 Å². The maximum absolute atomic E-state index is 6.21. The van der Waals surface area contributed by atoms with E-state index in [4.69, 9.17) is 5.73 Å². The van der Waals surface area contributed by atoms with Crippen LogP contribution in [0.25, 0.3) is 0 Å². The van der Waals surface area contributed by atoms with Crippen molar-refractivity contribution in [1.29, 1.82) is 0 Å². The van der Waals surface area contributed by atoms with E-state index in [9.17, 15) is 0 Å². The molecule has 0 aromatic heterocycles. The summed E-state index contributed by atoms with van der Waals surface area (Å²) in [5.41, 5.74) is 6.70. The maximum Gasteiger partial charge on any atom is 0.0334 e. The fraction of sp³-hybridized carbons (Fsp3) is 1.00. The van der Waals surface area contributed by atoms with Gasteiger partial charge in [0.2, 0.25) is 0 Å². The fourth-order valence-electron chi connectivity index (χ4n) is 3.43. The second-order valence-corrected chi connectivity index (χ2v) is 6.86. The molecule has 108 valence electrons. The minimum atomic E-state index is 0.240. The molecule has 0 spiro atoms. The largest absolute Gasteiger partial charge is 0.329 e. The molecule has 0 amide bonds. The Morgan fingerprint density at radius 1 is 1.22 bits per heavy atom. The predicted octanol–water partition coefficient (Wildman–Crippen LogP) is 3.79. The molecular formula is C16H34N2. The van der Waals surface area contributed by atoms with Gasteiger partial charge in [-0.1, -0.05) is 33.1 Å². The van der Waals surface area contributed by atoms with Gasteiger partial charge < -0.3 is 5.73 Å². The van der Waals surface area contributed by atoms with Crippen molar-refractivity contribution in [1.82, 2.24) is 4.90 Å². The Kier molecular flexibility index (Phi) is 5.67. The van der Waals surface area contributed by atoms with E-state index in [1.807, 2.05) is 0 Å². The van der Waals surface area contributed by atoms with Gasteiger partial charge in [-0.3, -0.25) is 4.90 Å². The van der Waals surface area contributed by atoms with Gasteiger partial charge in [-0.15, -0.1) is 0 Å². The molecule has 0 bridgehead atoms. The Morgan fingerprint density at radius 3 is 2.39 bits per heavy atom. The van der Waals surface area contributed by atoms with Gasteiger partial charge in [-0.25, -0.2) is 0 Å². The molecule has 2 heteroatoms. The van der Waals surface area contributed by atoms with Crippen LogP contribution in [0, 0.1) is 5.92 Å². The first-order chi connectivity index (χ1) is 8.41. The second-order valence-electron chi connectivity index (χ2n) is 6.86. The number of hydrogen-bond acceptors (Lipinski definition) is 2. The molecule has 0 aliphatic heterocycles. The van der Waals surface area contributed by atoms with E-state index in [0.29, 0.717) is 0 Å². The van der Waals surface area contributed by atoms with Crippen molar-refractivity contribution in [3.05, 3.63) is 0 Å². The second kappa shape index (κ2) is 6.38. The number of likely N-dealkylation sites (N-methyl/N-ethyl adjacent to an activating group) is 1. The minimum Gasteiger partial charge on any atom is -0.329 e. The van der Waals surface area contributed by atoms with Crippen LogP contribution in [-0.2, 0) is 0 Å². The summed E-state index contributed by atoms with van der Waals surface area (Å²) in [5.74, 6) is 0.927. The van der Waals surface area contributed by atoms with Gasteiger partial charge in [0, 0.05) is 17.6 Å². The summed E-state index contributed by atoms with van der Waals surface area (Å²) in [6, 6.07) is 0. The van der Waals surface area contributed by atoms with Crippen LogP contribution in [0.4, 0.5) is 0 Å². The molecule has 2 N–H and O–H groups in total. The average Bonchev–Trinajstić information content (AvgIpc) is 2.60. The van der Waals surface area contributed by atoms with E-state index in [0.717, 1.165) is 12.5 Å². The lowest BCUT2D eigenvalue weighted by Gasteiger charge is -2.49. The quantitative estimate of drug-likeness (QED) is 0.756. The third kappa shape index (κ3) is 3.27. The third-order valence-electron chi connectivity index (χ3n) is 5.71. The highest BCUT2D eigenvalue weighted by Gasteiger charge is 2.40. The number of nitrogens with two attached hydrogens (primary N) is 1. The van der Waals surface area contributed by atoms with E-state index in [2.05, 4.69) is 39.6 Å². The molecule has 0 aromatic carbocycles. The molecule has 1 aliphatic carbocycles. The van der Waals surface area contributed by atoms with Crippen LogP contribution in [-0.4, -0.2) is 29.6 Å². The molecule has 1 aliphatic rings. The Morgan fingerprint density at radius 2 is 1.89 bits per heavy atom. The summed E-state index contributed by atoms with van der Waals surface area (Å²) in [5, 5.41) is 0. The van der Waals surface area contributed by atoms with Gasteiger partial charge >= 0.3 is 0 Å². The summed E-state index contributed by atoms with van der Waals surface area (Å²) in [6.45, 7) is 10.1. The first-order valence-corrected chi connectivity index (χ1v) is 7.86. The normalized spacial score (nSPS) is 30.5. The molecule has 2 unspecified atom stereocenters. The lowest BCUT2D eigenvalue weighted by Crippen LogP contribution is -2.59. The van der Waals surface area contributed by atoms with Gasteiger partial charge in [0.1, 0.15) is 0 Å². The zero-order chi connectivity index (χ0) is 13.8. The molecule has 0 radical (unpaired) electrons. The van der Waals surface area contributed by atoms with Gasteiger partial charge in [-0.05, 0) is 52.5 Å². The zero-order valence-electron chi connectivity index (χ0n) is 13.3. The van der Waals surface area contributed by atoms with Gasteiger partial charge in [0.15, 0.2) is 0 Å². The molecule has 1 saturated carbocycles. The summed E-state index contributed by atoms with van der Waals surface area (Å²) in [6.07, 6.45) is 9.18. The molecule has 1 fully saturated rings. The van der Waals surface area contributed by atoms with Gasteiger partial charge in [0.25, 0.3) is 0 Å². The number of rotatable bonds is 5. The highest BCUT2D eigenvalue weighted by molar-refractivity contribution is 4.98. The highest BCUT2D eigenvalue weighted by Crippen LogP contribution is 2.38. The molecule has 2 atom stereocenters. The predicted molar refractivity (Wildman–Crippen MR) is 80.8 cm³/mol. The Balaban J connectivity index is 2.85. The van der Waals surface area contributed by atoms with Crippen molar-refractivity contribution in [2.75, 3.05) is 13.6 Å². The molecular weight excluding hydrogens is 220 g/mol.